The second kappa shape index (κ2) is 8.10. The van der Waals surface area contributed by atoms with Crippen LogP contribution in [0, 0.1) is 6.92 Å². The molecular weight excluding hydrogens is 292 g/mol. The fourth-order valence-corrected chi connectivity index (χ4v) is 2.13. The molecule has 0 aromatic heterocycles. The van der Waals surface area contributed by atoms with Crippen LogP contribution < -0.4 is 10.6 Å². The number of benzene rings is 2. The number of rotatable bonds is 6. The van der Waals surface area contributed by atoms with Crippen LogP contribution >= 0.6 is 0 Å². The first-order valence-corrected chi connectivity index (χ1v) is 7.36. The van der Waals surface area contributed by atoms with Crippen molar-refractivity contribution in [2.45, 2.75) is 6.92 Å². The topological polar surface area (TPSA) is 67.4 Å². The maximum atomic E-state index is 12.3. The van der Waals surface area contributed by atoms with Crippen LogP contribution in [0.15, 0.2) is 48.5 Å². The molecule has 0 radical (unpaired) electrons. The second-order valence-corrected chi connectivity index (χ2v) is 5.12. The summed E-state index contributed by atoms with van der Waals surface area (Å²) in [6.07, 6.45) is 0. The molecule has 23 heavy (non-hydrogen) atoms. The lowest BCUT2D eigenvalue weighted by atomic mass is 10.1. The van der Waals surface area contributed by atoms with Crippen molar-refractivity contribution in [1.82, 2.24) is 5.32 Å². The Morgan fingerprint density at radius 1 is 1.04 bits per heavy atom. The lowest BCUT2D eigenvalue weighted by Gasteiger charge is -2.11. The van der Waals surface area contributed by atoms with E-state index in [4.69, 9.17) is 4.74 Å². The number of hydrogen-bond donors (Lipinski definition) is 2. The molecule has 2 N–H and O–H groups in total. The smallest absolute Gasteiger partial charge is 0.255 e. The lowest BCUT2D eigenvalue weighted by Crippen LogP contribution is -2.28. The predicted molar refractivity (Wildman–Crippen MR) is 89.8 cm³/mol. The Bertz CT molecular complexity index is 698. The van der Waals surface area contributed by atoms with E-state index in [9.17, 15) is 9.59 Å². The van der Waals surface area contributed by atoms with Crippen LogP contribution in [-0.2, 0) is 4.74 Å². The summed E-state index contributed by atoms with van der Waals surface area (Å²) in [6, 6.07) is 14.2. The van der Waals surface area contributed by atoms with Crippen LogP contribution in [-0.4, -0.2) is 32.1 Å². The monoisotopic (exact) mass is 312 g/mol. The molecule has 0 aliphatic carbocycles. The number of methoxy groups -OCH3 is 1. The highest BCUT2D eigenvalue weighted by molar-refractivity contribution is 6.09. The molecule has 120 valence electrons. The molecule has 2 aromatic rings. The molecule has 0 saturated heterocycles. The van der Waals surface area contributed by atoms with Gasteiger partial charge in [0.1, 0.15) is 0 Å². The summed E-state index contributed by atoms with van der Waals surface area (Å²) in [4.78, 5) is 24.5. The van der Waals surface area contributed by atoms with Crippen LogP contribution in [0.5, 0.6) is 0 Å². The van der Waals surface area contributed by atoms with Gasteiger partial charge in [0.05, 0.1) is 17.9 Å². The zero-order valence-corrected chi connectivity index (χ0v) is 13.3. The van der Waals surface area contributed by atoms with Gasteiger partial charge in [0.2, 0.25) is 0 Å². The number of aryl methyl sites for hydroxylation is 1. The fourth-order valence-electron chi connectivity index (χ4n) is 2.13. The van der Waals surface area contributed by atoms with E-state index >= 15 is 0 Å². The quantitative estimate of drug-likeness (QED) is 0.806. The minimum atomic E-state index is -0.248. The van der Waals surface area contributed by atoms with Crippen LogP contribution in [0.1, 0.15) is 26.3 Å². The SMILES string of the molecule is COCCNC(=O)c1ccccc1NC(=O)c1cccc(C)c1. The zero-order chi connectivity index (χ0) is 16.7. The first-order valence-electron chi connectivity index (χ1n) is 7.36. The van der Waals surface area contributed by atoms with E-state index in [1.807, 2.05) is 19.1 Å². The summed E-state index contributed by atoms with van der Waals surface area (Å²) >= 11 is 0. The molecule has 0 fully saturated rings. The normalized spacial score (nSPS) is 10.2. The standard InChI is InChI=1S/C18H20N2O3/c1-13-6-5-7-14(12-13)17(21)20-16-9-4-3-8-15(16)18(22)19-10-11-23-2/h3-9,12H,10-11H2,1-2H3,(H,19,22)(H,20,21). The summed E-state index contributed by atoms with van der Waals surface area (Å²) in [6.45, 7) is 2.77. The van der Waals surface area contributed by atoms with E-state index in [1.54, 1.807) is 43.5 Å². The van der Waals surface area contributed by atoms with Gasteiger partial charge in [0.15, 0.2) is 0 Å². The molecule has 2 aromatic carbocycles. The fraction of sp³-hybridized carbons (Fsp3) is 0.222. The summed E-state index contributed by atoms with van der Waals surface area (Å²) in [5.41, 5.74) is 2.46. The number of ether oxygens (including phenoxy) is 1. The van der Waals surface area contributed by atoms with Crippen LogP contribution in [0.3, 0.4) is 0 Å². The van der Waals surface area contributed by atoms with Crippen molar-refractivity contribution < 1.29 is 14.3 Å². The largest absolute Gasteiger partial charge is 0.383 e. The summed E-state index contributed by atoms with van der Waals surface area (Å²) in [5.74, 6) is -0.493. The first kappa shape index (κ1) is 16.7. The van der Waals surface area contributed by atoms with Crippen molar-refractivity contribution in [3.05, 3.63) is 65.2 Å². The van der Waals surface area contributed by atoms with E-state index in [1.165, 1.54) is 0 Å². The van der Waals surface area contributed by atoms with E-state index in [0.29, 0.717) is 30.0 Å². The van der Waals surface area contributed by atoms with Gasteiger partial charge in [-0.2, -0.15) is 0 Å². The molecule has 0 spiro atoms. The number of amides is 2. The van der Waals surface area contributed by atoms with Crippen molar-refractivity contribution in [3.8, 4) is 0 Å². The maximum Gasteiger partial charge on any atom is 0.255 e. The van der Waals surface area contributed by atoms with Crippen LogP contribution in [0.2, 0.25) is 0 Å². The van der Waals surface area contributed by atoms with Gasteiger partial charge in [-0.3, -0.25) is 9.59 Å². The Balaban J connectivity index is 2.14. The summed E-state index contributed by atoms with van der Waals surface area (Å²) < 4.78 is 4.91. The molecule has 5 nitrogen and oxygen atoms in total. The van der Waals surface area contributed by atoms with Gasteiger partial charge in [-0.1, -0.05) is 29.8 Å². The molecule has 0 aliphatic rings. The highest BCUT2D eigenvalue weighted by atomic mass is 16.5. The highest BCUT2D eigenvalue weighted by Gasteiger charge is 2.13. The molecule has 5 heteroatoms. The summed E-state index contributed by atoms with van der Waals surface area (Å²) in [7, 11) is 1.57. The average molecular weight is 312 g/mol. The average Bonchev–Trinajstić information content (AvgIpc) is 2.55. The highest BCUT2D eigenvalue weighted by Crippen LogP contribution is 2.16. The number of carbonyl (C=O) groups is 2. The second-order valence-electron chi connectivity index (χ2n) is 5.12. The zero-order valence-electron chi connectivity index (χ0n) is 13.3. The molecule has 0 unspecified atom stereocenters. The van der Waals surface area contributed by atoms with Crippen molar-refractivity contribution in [2.75, 3.05) is 25.6 Å². The third-order valence-electron chi connectivity index (χ3n) is 3.29. The molecule has 0 atom stereocenters. The van der Waals surface area contributed by atoms with Gasteiger partial charge in [-0.25, -0.2) is 0 Å². The van der Waals surface area contributed by atoms with Crippen molar-refractivity contribution >= 4 is 17.5 Å². The Labute approximate surface area is 135 Å². The molecule has 0 bridgehead atoms. The third kappa shape index (κ3) is 4.66. The first-order chi connectivity index (χ1) is 11.1. The molecular formula is C18H20N2O3. The Kier molecular flexibility index (Phi) is 5.88. The lowest BCUT2D eigenvalue weighted by molar-refractivity contribution is 0.0938. The van der Waals surface area contributed by atoms with Crippen LogP contribution in [0.4, 0.5) is 5.69 Å². The molecule has 0 heterocycles. The van der Waals surface area contributed by atoms with E-state index in [0.717, 1.165) is 5.56 Å². The molecule has 2 rings (SSSR count). The summed E-state index contributed by atoms with van der Waals surface area (Å²) in [5, 5.41) is 5.54. The number of hydrogen-bond acceptors (Lipinski definition) is 3. The Hall–Kier alpha value is -2.66. The Morgan fingerprint density at radius 3 is 2.57 bits per heavy atom. The van der Waals surface area contributed by atoms with Gasteiger partial charge in [-0.05, 0) is 31.2 Å². The van der Waals surface area contributed by atoms with Crippen molar-refractivity contribution in [1.29, 1.82) is 0 Å². The van der Waals surface area contributed by atoms with Gasteiger partial charge < -0.3 is 15.4 Å². The minimum absolute atomic E-state index is 0.245. The maximum absolute atomic E-state index is 12.3. The number of nitrogens with one attached hydrogen (secondary N) is 2. The minimum Gasteiger partial charge on any atom is -0.383 e. The predicted octanol–water partition coefficient (Wildman–Crippen LogP) is 2.62. The molecule has 0 aliphatic heterocycles. The molecule has 0 saturated carbocycles. The van der Waals surface area contributed by atoms with E-state index in [-0.39, 0.29) is 11.8 Å². The third-order valence-corrected chi connectivity index (χ3v) is 3.29. The van der Waals surface area contributed by atoms with Gasteiger partial charge in [-0.15, -0.1) is 0 Å². The molecule has 2 amide bonds. The van der Waals surface area contributed by atoms with Crippen molar-refractivity contribution in [2.24, 2.45) is 0 Å². The Morgan fingerprint density at radius 2 is 1.83 bits per heavy atom. The van der Waals surface area contributed by atoms with E-state index in [2.05, 4.69) is 10.6 Å². The van der Waals surface area contributed by atoms with Gasteiger partial charge in [0.25, 0.3) is 11.8 Å². The van der Waals surface area contributed by atoms with Gasteiger partial charge in [0, 0.05) is 19.2 Å². The number of anilines is 1. The van der Waals surface area contributed by atoms with Crippen molar-refractivity contribution in [3.63, 3.8) is 0 Å². The number of para-hydroxylation sites is 1. The van der Waals surface area contributed by atoms with Crippen LogP contribution in [0.25, 0.3) is 0 Å². The number of carbonyl (C=O) groups excluding carboxylic acids is 2. The van der Waals surface area contributed by atoms with E-state index < -0.39 is 0 Å². The van der Waals surface area contributed by atoms with Gasteiger partial charge >= 0.3 is 0 Å².